The molecule has 0 aliphatic heterocycles. The summed E-state index contributed by atoms with van der Waals surface area (Å²) in [5.74, 6) is 0.723. The van der Waals surface area contributed by atoms with Crippen LogP contribution in [0.15, 0.2) is 42.5 Å². The van der Waals surface area contributed by atoms with Crippen molar-refractivity contribution in [2.45, 2.75) is 39.0 Å². The summed E-state index contributed by atoms with van der Waals surface area (Å²) < 4.78 is 41.1. The van der Waals surface area contributed by atoms with Crippen LogP contribution >= 0.6 is 11.6 Å². The quantitative estimate of drug-likeness (QED) is 0.593. The van der Waals surface area contributed by atoms with Gasteiger partial charge in [0.15, 0.2) is 0 Å². The number of fused-ring (bicyclic) bond motifs is 1. The number of hydrogen-bond donors (Lipinski definition) is 1. The molecule has 0 spiro atoms. The fourth-order valence-electron chi connectivity index (χ4n) is 3.07. The van der Waals surface area contributed by atoms with Gasteiger partial charge in [0, 0.05) is 11.6 Å². The molecule has 3 rings (SSSR count). The van der Waals surface area contributed by atoms with Crippen LogP contribution in [0.5, 0.6) is 0 Å². The Balaban J connectivity index is 2.15. The average molecular weight is 396 g/mol. The van der Waals surface area contributed by atoms with Crippen LogP contribution in [0.3, 0.4) is 0 Å². The Bertz CT molecular complexity index is 949. The van der Waals surface area contributed by atoms with Crippen molar-refractivity contribution >= 4 is 22.6 Å². The molecule has 0 saturated carbocycles. The lowest BCUT2D eigenvalue weighted by Crippen LogP contribution is -2.23. The maximum Gasteiger partial charge on any atom is 0.416 e. The van der Waals surface area contributed by atoms with Crippen molar-refractivity contribution in [2.24, 2.45) is 11.7 Å². The van der Waals surface area contributed by atoms with Crippen molar-refractivity contribution in [3.05, 3.63) is 64.4 Å². The zero-order valence-corrected chi connectivity index (χ0v) is 15.8. The van der Waals surface area contributed by atoms with Crippen LogP contribution in [-0.4, -0.2) is 9.55 Å². The largest absolute Gasteiger partial charge is 0.416 e. The minimum Gasteiger partial charge on any atom is -0.322 e. The van der Waals surface area contributed by atoms with E-state index >= 15 is 0 Å². The highest BCUT2D eigenvalue weighted by Gasteiger charge is 2.31. The number of alkyl halides is 3. The molecule has 0 aliphatic rings. The maximum atomic E-state index is 13.1. The second kappa shape index (κ2) is 7.52. The van der Waals surface area contributed by atoms with Crippen molar-refractivity contribution in [3.63, 3.8) is 0 Å². The van der Waals surface area contributed by atoms with Crippen molar-refractivity contribution in [1.82, 2.24) is 9.55 Å². The second-order valence-corrected chi connectivity index (χ2v) is 7.24. The lowest BCUT2D eigenvalue weighted by atomic mass is 9.99. The molecule has 7 heteroatoms. The van der Waals surface area contributed by atoms with E-state index in [1.54, 1.807) is 6.07 Å². The smallest absolute Gasteiger partial charge is 0.322 e. The number of hydrogen-bond acceptors (Lipinski definition) is 2. The molecule has 0 fully saturated rings. The van der Waals surface area contributed by atoms with Crippen molar-refractivity contribution < 1.29 is 13.2 Å². The van der Waals surface area contributed by atoms with Crippen molar-refractivity contribution in [3.8, 4) is 0 Å². The summed E-state index contributed by atoms with van der Waals surface area (Å²) in [6.07, 6.45) is -3.57. The topological polar surface area (TPSA) is 43.8 Å². The molecular weight excluding hydrogens is 375 g/mol. The average Bonchev–Trinajstić information content (AvgIpc) is 2.97. The zero-order valence-electron chi connectivity index (χ0n) is 15.1. The Morgan fingerprint density at radius 1 is 1.19 bits per heavy atom. The van der Waals surface area contributed by atoms with Crippen molar-refractivity contribution in [2.75, 3.05) is 0 Å². The summed E-state index contributed by atoms with van der Waals surface area (Å²) in [5.41, 5.74) is 7.52. The molecule has 1 aromatic heterocycles. The van der Waals surface area contributed by atoms with E-state index in [0.29, 0.717) is 28.4 Å². The third-order valence-corrected chi connectivity index (χ3v) is 5.13. The van der Waals surface area contributed by atoms with Crippen LogP contribution in [0, 0.1) is 5.92 Å². The fraction of sp³-hybridized carbons (Fsp3) is 0.350. The SMILES string of the molecule is CC[C@H](C)[C@H](N)c1nc2cc(C(F)(F)F)ccc2n1Cc1cccc(Cl)c1. The van der Waals surface area contributed by atoms with E-state index < -0.39 is 11.7 Å². The predicted octanol–water partition coefficient (Wildman–Crippen LogP) is 5.80. The van der Waals surface area contributed by atoms with Crippen LogP contribution in [0.1, 0.15) is 43.3 Å². The highest BCUT2D eigenvalue weighted by molar-refractivity contribution is 6.30. The molecule has 0 aliphatic carbocycles. The first-order valence-corrected chi connectivity index (χ1v) is 9.16. The molecule has 3 aromatic rings. The van der Waals surface area contributed by atoms with E-state index in [1.165, 1.54) is 6.07 Å². The summed E-state index contributed by atoms with van der Waals surface area (Å²) in [6.45, 7) is 4.47. The minimum atomic E-state index is -4.41. The van der Waals surface area contributed by atoms with E-state index in [9.17, 15) is 13.2 Å². The number of nitrogens with two attached hydrogens (primary N) is 1. The molecule has 1 heterocycles. The van der Waals surface area contributed by atoms with Crippen LogP contribution in [0.2, 0.25) is 5.02 Å². The molecule has 0 radical (unpaired) electrons. The molecule has 3 nitrogen and oxygen atoms in total. The first-order valence-electron chi connectivity index (χ1n) is 8.78. The lowest BCUT2D eigenvalue weighted by molar-refractivity contribution is -0.137. The third-order valence-electron chi connectivity index (χ3n) is 4.89. The van der Waals surface area contributed by atoms with Gasteiger partial charge in [0.25, 0.3) is 0 Å². The van der Waals surface area contributed by atoms with E-state index in [2.05, 4.69) is 4.98 Å². The van der Waals surface area contributed by atoms with E-state index in [4.69, 9.17) is 17.3 Å². The van der Waals surface area contributed by atoms with Crippen LogP contribution < -0.4 is 5.73 Å². The molecule has 2 N–H and O–H groups in total. The molecule has 0 amide bonds. The van der Waals surface area contributed by atoms with Gasteiger partial charge < -0.3 is 10.3 Å². The highest BCUT2D eigenvalue weighted by Crippen LogP contribution is 2.33. The first kappa shape index (κ1) is 19.7. The van der Waals surface area contributed by atoms with Gasteiger partial charge in [0.2, 0.25) is 0 Å². The van der Waals surface area contributed by atoms with Gasteiger partial charge in [-0.1, -0.05) is 44.0 Å². The molecule has 27 heavy (non-hydrogen) atoms. The number of aromatic nitrogens is 2. The molecule has 0 bridgehead atoms. The summed E-state index contributed by atoms with van der Waals surface area (Å²) >= 11 is 6.07. The monoisotopic (exact) mass is 395 g/mol. The Morgan fingerprint density at radius 3 is 2.56 bits per heavy atom. The number of benzene rings is 2. The lowest BCUT2D eigenvalue weighted by Gasteiger charge is -2.20. The minimum absolute atomic E-state index is 0.141. The summed E-state index contributed by atoms with van der Waals surface area (Å²) in [4.78, 5) is 4.48. The Kier molecular flexibility index (Phi) is 5.49. The van der Waals surface area contributed by atoms with Crippen LogP contribution in [0.4, 0.5) is 13.2 Å². The molecule has 2 atom stereocenters. The van der Waals surface area contributed by atoms with E-state index in [0.717, 1.165) is 24.1 Å². The third kappa shape index (κ3) is 4.12. The number of nitrogens with zero attached hydrogens (tertiary/aromatic N) is 2. The van der Waals surface area contributed by atoms with E-state index in [1.807, 2.05) is 36.6 Å². The van der Waals surface area contributed by atoms with Crippen LogP contribution in [-0.2, 0) is 12.7 Å². The van der Waals surface area contributed by atoms with Gasteiger partial charge in [0.1, 0.15) is 5.82 Å². The molecule has 0 unspecified atom stereocenters. The predicted molar refractivity (Wildman–Crippen MR) is 102 cm³/mol. The molecule has 144 valence electrons. The normalized spacial score (nSPS) is 14.5. The van der Waals surface area contributed by atoms with Gasteiger partial charge in [-0.15, -0.1) is 0 Å². The molecule has 0 saturated heterocycles. The van der Waals surface area contributed by atoms with Crippen LogP contribution in [0.25, 0.3) is 11.0 Å². The summed E-state index contributed by atoms with van der Waals surface area (Å²) in [6, 6.07) is 10.6. The zero-order chi connectivity index (χ0) is 19.8. The molecular formula is C20H21ClF3N3. The molecule has 2 aromatic carbocycles. The Labute approximate surface area is 161 Å². The fourth-order valence-corrected chi connectivity index (χ4v) is 3.28. The number of rotatable bonds is 5. The van der Waals surface area contributed by atoms with Crippen molar-refractivity contribution in [1.29, 1.82) is 0 Å². The van der Waals surface area contributed by atoms with Gasteiger partial charge in [-0.05, 0) is 41.8 Å². The number of halogens is 4. The second-order valence-electron chi connectivity index (χ2n) is 6.80. The van der Waals surface area contributed by atoms with E-state index in [-0.39, 0.29) is 12.0 Å². The number of imidazole rings is 1. The highest BCUT2D eigenvalue weighted by atomic mass is 35.5. The summed E-state index contributed by atoms with van der Waals surface area (Å²) in [5, 5.41) is 0.601. The van der Waals surface area contributed by atoms with Gasteiger partial charge in [-0.2, -0.15) is 13.2 Å². The van der Waals surface area contributed by atoms with Gasteiger partial charge >= 0.3 is 6.18 Å². The standard InChI is InChI=1S/C20H21ClF3N3/c1-3-12(2)18(25)19-26-16-10-14(20(22,23)24)7-8-17(16)27(19)11-13-5-4-6-15(21)9-13/h4-10,12,18H,3,11,25H2,1-2H3/t12-,18-/m0/s1. The Hall–Kier alpha value is -2.05. The van der Waals surface area contributed by atoms with Gasteiger partial charge in [0.05, 0.1) is 22.6 Å². The maximum absolute atomic E-state index is 13.1. The van der Waals surface area contributed by atoms with Gasteiger partial charge in [-0.25, -0.2) is 4.98 Å². The first-order chi connectivity index (χ1) is 12.7. The Morgan fingerprint density at radius 2 is 1.93 bits per heavy atom. The summed E-state index contributed by atoms with van der Waals surface area (Å²) in [7, 11) is 0. The van der Waals surface area contributed by atoms with Gasteiger partial charge in [-0.3, -0.25) is 0 Å².